The molecular formula is C9H14. The number of allylic oxidation sites excluding steroid dienone is 5. The predicted octanol–water partition coefficient (Wildman–Crippen LogP) is 3.08. The minimum atomic E-state index is 1.17. The van der Waals surface area contributed by atoms with Gasteiger partial charge in [-0.15, -0.1) is 0 Å². The van der Waals surface area contributed by atoms with E-state index in [2.05, 4.69) is 19.6 Å². The summed E-state index contributed by atoms with van der Waals surface area (Å²) in [6.07, 6.45) is 12.3. The van der Waals surface area contributed by atoms with E-state index in [9.17, 15) is 0 Å². The topological polar surface area (TPSA) is 0 Å². The van der Waals surface area contributed by atoms with Crippen LogP contribution in [-0.4, -0.2) is 0 Å². The molecule has 0 nitrogen and oxygen atoms in total. The summed E-state index contributed by atoms with van der Waals surface area (Å²) in [7, 11) is 0. The van der Waals surface area contributed by atoms with Gasteiger partial charge in [0.2, 0.25) is 0 Å². The first kappa shape index (κ1) is 8.22. The average molecular weight is 122 g/mol. The number of hydrogen-bond donors (Lipinski definition) is 0. The van der Waals surface area contributed by atoms with Crippen molar-refractivity contribution in [2.75, 3.05) is 0 Å². The molecule has 0 radical (unpaired) electrons. The Morgan fingerprint density at radius 1 is 1.22 bits per heavy atom. The molecule has 0 aromatic carbocycles. The zero-order valence-corrected chi connectivity index (χ0v) is 6.01. The molecule has 0 aliphatic heterocycles. The third-order valence-corrected chi connectivity index (χ3v) is 0.950. The van der Waals surface area contributed by atoms with Gasteiger partial charge in [0.1, 0.15) is 0 Å². The first-order valence-electron chi connectivity index (χ1n) is 3.36. The van der Waals surface area contributed by atoms with Gasteiger partial charge in [0, 0.05) is 0 Å². The summed E-state index contributed by atoms with van der Waals surface area (Å²) in [5.41, 5.74) is 0. The second kappa shape index (κ2) is 7.22. The molecule has 0 aromatic heterocycles. The fourth-order valence-electron chi connectivity index (χ4n) is 0.484. The van der Waals surface area contributed by atoms with Crippen molar-refractivity contribution in [3.8, 4) is 0 Å². The van der Waals surface area contributed by atoms with E-state index in [1.54, 1.807) is 6.08 Å². The van der Waals surface area contributed by atoms with Crippen LogP contribution in [0.4, 0.5) is 0 Å². The van der Waals surface area contributed by atoms with E-state index in [1.165, 1.54) is 12.8 Å². The lowest BCUT2D eigenvalue weighted by molar-refractivity contribution is 0.959. The summed E-state index contributed by atoms with van der Waals surface area (Å²) in [5, 5.41) is 0. The molecule has 0 aromatic rings. The third kappa shape index (κ3) is 7.22. The fraction of sp³-hybridized carbons (Fsp3) is 0.333. The Bertz CT molecular complexity index is 107. The van der Waals surface area contributed by atoms with Gasteiger partial charge in [-0.3, -0.25) is 0 Å². The molecule has 9 heavy (non-hydrogen) atoms. The van der Waals surface area contributed by atoms with Gasteiger partial charge in [-0.05, 0) is 6.42 Å². The van der Waals surface area contributed by atoms with Crippen molar-refractivity contribution in [2.45, 2.75) is 19.8 Å². The van der Waals surface area contributed by atoms with Gasteiger partial charge in [0.05, 0.1) is 0 Å². The zero-order chi connectivity index (χ0) is 6.95. The molecule has 0 amide bonds. The number of unbranched alkanes of at least 4 members (excludes halogenated alkanes) is 1. The monoisotopic (exact) mass is 122 g/mol. The zero-order valence-electron chi connectivity index (χ0n) is 6.01. The van der Waals surface area contributed by atoms with Crippen molar-refractivity contribution < 1.29 is 0 Å². The number of rotatable bonds is 4. The first-order chi connectivity index (χ1) is 4.41. The molecule has 50 valence electrons. The Balaban J connectivity index is 3.23. The minimum absolute atomic E-state index is 1.17. The van der Waals surface area contributed by atoms with E-state index < -0.39 is 0 Å². The normalized spacial score (nSPS) is 11.2. The molecule has 0 saturated carbocycles. The summed E-state index contributed by atoms with van der Waals surface area (Å²) >= 11 is 0. The minimum Gasteiger partial charge on any atom is -0.0991 e. The van der Waals surface area contributed by atoms with Gasteiger partial charge in [-0.25, -0.2) is 0 Å². The van der Waals surface area contributed by atoms with Crippen LogP contribution in [0.25, 0.3) is 0 Å². The molecule has 0 saturated heterocycles. The highest BCUT2D eigenvalue weighted by Gasteiger charge is 1.67. The summed E-state index contributed by atoms with van der Waals surface area (Å²) < 4.78 is 0. The second-order valence-corrected chi connectivity index (χ2v) is 1.84. The van der Waals surface area contributed by atoms with Crippen LogP contribution in [0.2, 0.25) is 0 Å². The van der Waals surface area contributed by atoms with E-state index in [0.717, 1.165) is 0 Å². The van der Waals surface area contributed by atoms with Crippen molar-refractivity contribution >= 4 is 0 Å². The number of hydrogen-bond acceptors (Lipinski definition) is 0. The maximum Gasteiger partial charge on any atom is -0.0350 e. The molecule has 0 bridgehead atoms. The second-order valence-electron chi connectivity index (χ2n) is 1.84. The maximum atomic E-state index is 3.56. The molecule has 0 fully saturated rings. The highest BCUT2D eigenvalue weighted by atomic mass is 13.7. The molecule has 0 aliphatic rings. The largest absolute Gasteiger partial charge is 0.0991 e. The Kier molecular flexibility index (Phi) is 6.59. The summed E-state index contributed by atoms with van der Waals surface area (Å²) in [6, 6.07) is 0. The molecule has 0 heterocycles. The SMILES string of the molecule is C=C/C=C\C=C/CCC. The quantitative estimate of drug-likeness (QED) is 0.503. The smallest absolute Gasteiger partial charge is 0.0350 e. The predicted molar refractivity (Wildman–Crippen MR) is 43.4 cm³/mol. The van der Waals surface area contributed by atoms with Crippen LogP contribution in [0.15, 0.2) is 37.0 Å². The van der Waals surface area contributed by atoms with Gasteiger partial charge < -0.3 is 0 Å². The highest BCUT2D eigenvalue weighted by Crippen LogP contribution is 1.88. The Morgan fingerprint density at radius 2 is 2.00 bits per heavy atom. The van der Waals surface area contributed by atoms with Gasteiger partial charge in [-0.1, -0.05) is 50.3 Å². The van der Waals surface area contributed by atoms with Gasteiger partial charge in [0.15, 0.2) is 0 Å². The van der Waals surface area contributed by atoms with Crippen LogP contribution in [-0.2, 0) is 0 Å². The lowest BCUT2D eigenvalue weighted by atomic mass is 10.3. The molecule has 0 heteroatoms. The molecule has 0 aliphatic carbocycles. The molecule has 0 atom stereocenters. The first-order valence-corrected chi connectivity index (χ1v) is 3.36. The van der Waals surface area contributed by atoms with Crippen LogP contribution in [0.1, 0.15) is 19.8 Å². The van der Waals surface area contributed by atoms with Crippen LogP contribution >= 0.6 is 0 Å². The summed E-state index contributed by atoms with van der Waals surface area (Å²) in [5.74, 6) is 0. The lowest BCUT2D eigenvalue weighted by Gasteiger charge is -1.78. The highest BCUT2D eigenvalue weighted by molar-refractivity contribution is 5.08. The molecule has 0 unspecified atom stereocenters. The molecular weight excluding hydrogens is 108 g/mol. The fourth-order valence-corrected chi connectivity index (χ4v) is 0.484. The van der Waals surface area contributed by atoms with Crippen molar-refractivity contribution in [3.63, 3.8) is 0 Å². The van der Waals surface area contributed by atoms with Crippen molar-refractivity contribution in [2.24, 2.45) is 0 Å². The van der Waals surface area contributed by atoms with E-state index in [-0.39, 0.29) is 0 Å². The van der Waals surface area contributed by atoms with Gasteiger partial charge in [-0.2, -0.15) is 0 Å². The van der Waals surface area contributed by atoms with Crippen LogP contribution < -0.4 is 0 Å². The van der Waals surface area contributed by atoms with Crippen molar-refractivity contribution in [1.82, 2.24) is 0 Å². The van der Waals surface area contributed by atoms with Crippen LogP contribution in [0, 0.1) is 0 Å². The maximum absolute atomic E-state index is 3.56. The van der Waals surface area contributed by atoms with Gasteiger partial charge in [0.25, 0.3) is 0 Å². The summed E-state index contributed by atoms with van der Waals surface area (Å²) in [4.78, 5) is 0. The average Bonchev–Trinajstić information content (AvgIpc) is 1.89. The molecule has 0 spiro atoms. The van der Waals surface area contributed by atoms with E-state index >= 15 is 0 Å². The molecule has 0 N–H and O–H groups in total. The van der Waals surface area contributed by atoms with Gasteiger partial charge >= 0.3 is 0 Å². The van der Waals surface area contributed by atoms with E-state index in [0.29, 0.717) is 0 Å². The van der Waals surface area contributed by atoms with Crippen molar-refractivity contribution in [1.29, 1.82) is 0 Å². The standard InChI is InChI=1S/C9H14/c1-3-5-7-9-8-6-4-2/h3,5,7-9H,1,4,6H2,2H3/b7-5-,9-8-. The Morgan fingerprint density at radius 3 is 2.56 bits per heavy atom. The van der Waals surface area contributed by atoms with Crippen LogP contribution in [0.3, 0.4) is 0 Å². The van der Waals surface area contributed by atoms with E-state index in [4.69, 9.17) is 0 Å². The summed E-state index contributed by atoms with van der Waals surface area (Å²) in [6.45, 7) is 5.73. The Hall–Kier alpha value is -0.780. The lowest BCUT2D eigenvalue weighted by Crippen LogP contribution is -1.57. The van der Waals surface area contributed by atoms with Crippen LogP contribution in [0.5, 0.6) is 0 Å². The molecule has 0 rings (SSSR count). The Labute approximate surface area is 57.6 Å². The van der Waals surface area contributed by atoms with Crippen molar-refractivity contribution in [3.05, 3.63) is 37.0 Å². The van der Waals surface area contributed by atoms with E-state index in [1.807, 2.05) is 18.2 Å². The third-order valence-electron chi connectivity index (χ3n) is 0.950.